The molecule has 0 aliphatic heterocycles. The van der Waals surface area contributed by atoms with Gasteiger partial charge in [0.1, 0.15) is 0 Å². The Bertz CT molecular complexity index is 325. The lowest BCUT2D eigenvalue weighted by molar-refractivity contribution is 0.758. The van der Waals surface area contributed by atoms with Crippen LogP contribution in [0.4, 0.5) is 5.69 Å². The Morgan fingerprint density at radius 1 is 1.53 bits per heavy atom. The number of pyridine rings is 1. The molecule has 15 heavy (non-hydrogen) atoms. The first-order valence-electron chi connectivity index (χ1n) is 5.20. The first kappa shape index (κ1) is 11.9. The van der Waals surface area contributed by atoms with Crippen molar-refractivity contribution in [3.63, 3.8) is 0 Å². The summed E-state index contributed by atoms with van der Waals surface area (Å²) >= 11 is 5.16. The van der Waals surface area contributed by atoms with Crippen molar-refractivity contribution in [3.8, 4) is 0 Å². The minimum atomic E-state index is 0.666. The van der Waals surface area contributed by atoms with Gasteiger partial charge in [-0.05, 0) is 37.7 Å². The Hall–Kier alpha value is -1.16. The molecule has 0 unspecified atom stereocenters. The van der Waals surface area contributed by atoms with Gasteiger partial charge in [-0.2, -0.15) is 0 Å². The van der Waals surface area contributed by atoms with Crippen LogP contribution in [-0.4, -0.2) is 16.6 Å². The van der Waals surface area contributed by atoms with Crippen molar-refractivity contribution in [2.24, 2.45) is 0 Å². The number of hydrogen-bond donors (Lipinski definition) is 2. The number of anilines is 1. The maximum Gasteiger partial charge on any atom is 0.170 e. The van der Waals surface area contributed by atoms with Gasteiger partial charge in [-0.1, -0.05) is 13.3 Å². The Balaban J connectivity index is 2.41. The van der Waals surface area contributed by atoms with Crippen molar-refractivity contribution < 1.29 is 0 Å². The van der Waals surface area contributed by atoms with E-state index in [1.165, 1.54) is 6.42 Å². The van der Waals surface area contributed by atoms with Crippen LogP contribution >= 0.6 is 12.2 Å². The molecular formula is C11H17N3S. The van der Waals surface area contributed by atoms with Gasteiger partial charge in [-0.25, -0.2) is 0 Å². The van der Waals surface area contributed by atoms with Crippen molar-refractivity contribution in [2.75, 3.05) is 11.9 Å². The van der Waals surface area contributed by atoms with Gasteiger partial charge in [0.2, 0.25) is 0 Å². The largest absolute Gasteiger partial charge is 0.362 e. The topological polar surface area (TPSA) is 37.0 Å². The molecule has 0 radical (unpaired) electrons. The molecule has 3 nitrogen and oxygen atoms in total. The van der Waals surface area contributed by atoms with Gasteiger partial charge in [0.05, 0.1) is 11.4 Å². The molecule has 1 heterocycles. The molecule has 2 N–H and O–H groups in total. The molecule has 1 rings (SSSR count). The summed E-state index contributed by atoms with van der Waals surface area (Å²) in [5.74, 6) is 0. The van der Waals surface area contributed by atoms with E-state index in [1.54, 1.807) is 6.20 Å². The third-order valence-corrected chi connectivity index (χ3v) is 2.32. The van der Waals surface area contributed by atoms with Gasteiger partial charge in [0.25, 0.3) is 0 Å². The third-order valence-electron chi connectivity index (χ3n) is 2.07. The van der Waals surface area contributed by atoms with Gasteiger partial charge in [0, 0.05) is 12.7 Å². The van der Waals surface area contributed by atoms with Gasteiger partial charge in [-0.3, -0.25) is 4.98 Å². The minimum absolute atomic E-state index is 0.666. The fourth-order valence-corrected chi connectivity index (χ4v) is 1.37. The fourth-order valence-electron chi connectivity index (χ4n) is 1.16. The number of rotatable bonds is 4. The summed E-state index contributed by atoms with van der Waals surface area (Å²) in [4.78, 5) is 4.18. The van der Waals surface area contributed by atoms with E-state index < -0.39 is 0 Å². The predicted molar refractivity (Wildman–Crippen MR) is 68.1 cm³/mol. The lowest BCUT2D eigenvalue weighted by atomic mass is 10.3. The summed E-state index contributed by atoms with van der Waals surface area (Å²) in [6.45, 7) is 5.03. The SMILES string of the molecule is CCCCNC(=S)Nc1cccnc1C. The molecule has 0 aliphatic rings. The average molecular weight is 223 g/mol. The maximum absolute atomic E-state index is 5.16. The monoisotopic (exact) mass is 223 g/mol. The predicted octanol–water partition coefficient (Wildman–Crippen LogP) is 2.48. The highest BCUT2D eigenvalue weighted by molar-refractivity contribution is 7.80. The number of aryl methyl sites for hydroxylation is 1. The van der Waals surface area contributed by atoms with Crippen LogP contribution in [0, 0.1) is 6.92 Å². The summed E-state index contributed by atoms with van der Waals surface area (Å²) in [6, 6.07) is 3.86. The van der Waals surface area contributed by atoms with E-state index in [0.717, 1.165) is 24.3 Å². The lowest BCUT2D eigenvalue weighted by Gasteiger charge is -2.11. The minimum Gasteiger partial charge on any atom is -0.362 e. The molecule has 0 bridgehead atoms. The van der Waals surface area contributed by atoms with Crippen LogP contribution in [0.2, 0.25) is 0 Å². The van der Waals surface area contributed by atoms with Crippen LogP contribution in [0.3, 0.4) is 0 Å². The summed E-state index contributed by atoms with van der Waals surface area (Å²) in [7, 11) is 0. The number of nitrogens with one attached hydrogen (secondary N) is 2. The molecule has 0 aromatic carbocycles. The van der Waals surface area contributed by atoms with E-state index in [1.807, 2.05) is 19.1 Å². The van der Waals surface area contributed by atoms with Crippen LogP contribution in [0.15, 0.2) is 18.3 Å². The fraction of sp³-hybridized carbons (Fsp3) is 0.455. The zero-order chi connectivity index (χ0) is 11.1. The van der Waals surface area contributed by atoms with Gasteiger partial charge >= 0.3 is 0 Å². The first-order valence-corrected chi connectivity index (χ1v) is 5.61. The Kier molecular flexibility index (Phi) is 5.04. The van der Waals surface area contributed by atoms with Gasteiger partial charge in [-0.15, -0.1) is 0 Å². The molecule has 0 saturated carbocycles. The van der Waals surface area contributed by atoms with Crippen LogP contribution < -0.4 is 10.6 Å². The van der Waals surface area contributed by atoms with E-state index >= 15 is 0 Å². The number of aromatic nitrogens is 1. The van der Waals surface area contributed by atoms with Gasteiger partial charge < -0.3 is 10.6 Å². The summed E-state index contributed by atoms with van der Waals surface area (Å²) in [6.07, 6.45) is 4.07. The molecule has 1 aromatic heterocycles. The molecule has 0 spiro atoms. The van der Waals surface area contributed by atoms with E-state index in [2.05, 4.69) is 22.5 Å². The third kappa shape index (κ3) is 4.25. The van der Waals surface area contributed by atoms with Crippen LogP contribution in [0.5, 0.6) is 0 Å². The molecule has 0 atom stereocenters. The van der Waals surface area contributed by atoms with E-state index in [9.17, 15) is 0 Å². The zero-order valence-corrected chi connectivity index (χ0v) is 10.0. The maximum atomic E-state index is 5.16. The molecular weight excluding hydrogens is 206 g/mol. The van der Waals surface area contributed by atoms with Crippen molar-refractivity contribution in [1.82, 2.24) is 10.3 Å². The standard InChI is InChI=1S/C11H17N3S/c1-3-4-7-13-11(15)14-10-6-5-8-12-9(10)2/h5-6,8H,3-4,7H2,1-2H3,(H2,13,14,15). The van der Waals surface area contributed by atoms with Crippen molar-refractivity contribution in [2.45, 2.75) is 26.7 Å². The molecule has 0 aliphatic carbocycles. The van der Waals surface area contributed by atoms with Crippen molar-refractivity contribution in [3.05, 3.63) is 24.0 Å². The van der Waals surface area contributed by atoms with Crippen molar-refractivity contribution in [1.29, 1.82) is 0 Å². The molecule has 4 heteroatoms. The molecule has 1 aromatic rings. The summed E-state index contributed by atoms with van der Waals surface area (Å²) in [5, 5.41) is 6.94. The van der Waals surface area contributed by atoms with Crippen LogP contribution in [0.25, 0.3) is 0 Å². The summed E-state index contributed by atoms with van der Waals surface area (Å²) < 4.78 is 0. The molecule has 82 valence electrons. The van der Waals surface area contributed by atoms with Crippen molar-refractivity contribution >= 4 is 23.0 Å². The second-order valence-electron chi connectivity index (χ2n) is 3.37. The second-order valence-corrected chi connectivity index (χ2v) is 3.78. The Morgan fingerprint density at radius 3 is 3.00 bits per heavy atom. The lowest BCUT2D eigenvalue weighted by Crippen LogP contribution is -2.29. The molecule has 0 saturated heterocycles. The normalized spacial score (nSPS) is 9.73. The number of nitrogens with zero attached hydrogens (tertiary/aromatic N) is 1. The number of thiocarbonyl (C=S) groups is 1. The zero-order valence-electron chi connectivity index (χ0n) is 9.21. The van der Waals surface area contributed by atoms with E-state index in [-0.39, 0.29) is 0 Å². The number of hydrogen-bond acceptors (Lipinski definition) is 2. The van der Waals surface area contributed by atoms with Gasteiger partial charge in [0.15, 0.2) is 5.11 Å². The van der Waals surface area contributed by atoms with E-state index in [0.29, 0.717) is 5.11 Å². The Labute approximate surface area is 96.3 Å². The second kappa shape index (κ2) is 6.35. The highest BCUT2D eigenvalue weighted by Gasteiger charge is 1.99. The van der Waals surface area contributed by atoms with Crippen LogP contribution in [-0.2, 0) is 0 Å². The quantitative estimate of drug-likeness (QED) is 0.607. The number of unbranched alkanes of at least 4 members (excludes halogenated alkanes) is 1. The Morgan fingerprint density at radius 2 is 2.33 bits per heavy atom. The highest BCUT2D eigenvalue weighted by atomic mass is 32.1. The molecule has 0 amide bonds. The smallest absolute Gasteiger partial charge is 0.170 e. The first-order chi connectivity index (χ1) is 7.24. The average Bonchev–Trinajstić information content (AvgIpc) is 2.22. The van der Waals surface area contributed by atoms with E-state index in [4.69, 9.17) is 12.2 Å². The highest BCUT2D eigenvalue weighted by Crippen LogP contribution is 2.09. The molecule has 0 fully saturated rings. The van der Waals surface area contributed by atoms with Crippen LogP contribution in [0.1, 0.15) is 25.5 Å². The summed E-state index contributed by atoms with van der Waals surface area (Å²) in [5.41, 5.74) is 1.92.